The highest BCUT2D eigenvalue weighted by Gasteiger charge is 2.30. The molecule has 1 aliphatic heterocycles. The predicted octanol–water partition coefficient (Wildman–Crippen LogP) is 3.51. The second kappa shape index (κ2) is 8.38. The minimum absolute atomic E-state index is 0.157. The molecule has 1 saturated carbocycles. The van der Waals surface area contributed by atoms with Crippen LogP contribution < -0.4 is 14.2 Å². The summed E-state index contributed by atoms with van der Waals surface area (Å²) in [5.74, 6) is 1.26. The molecule has 3 aromatic rings. The van der Waals surface area contributed by atoms with Crippen LogP contribution >= 0.6 is 11.6 Å². The number of nitrogens with zero attached hydrogens (tertiary/aromatic N) is 4. The lowest BCUT2D eigenvalue weighted by Crippen LogP contribution is -2.45. The van der Waals surface area contributed by atoms with Crippen molar-refractivity contribution >= 4 is 33.4 Å². The van der Waals surface area contributed by atoms with Crippen LogP contribution in [0, 0.1) is 0 Å². The standard InChI is InChI=1S/C20H21ClFN5O4S/c21-15-7-16(9-17(8-15)31-12-22)30-11-14-6-19-23-24-20(25-32(28,29)26-4-1-5-26)27(19)10-18(14)13-2-3-13/h6-10,13H,1-5,11-12H2,(H,24,25). The first kappa shape index (κ1) is 21.2. The molecule has 0 amide bonds. The highest BCUT2D eigenvalue weighted by atomic mass is 35.5. The Morgan fingerprint density at radius 1 is 1.12 bits per heavy atom. The molecule has 3 heterocycles. The SMILES string of the molecule is O=S(=O)(Nc1nnc2cc(COc3cc(Cl)cc(OCF)c3)c(C3CC3)cn12)N1CCC1. The number of alkyl halides is 1. The normalized spacial score (nSPS) is 16.7. The molecule has 1 aliphatic carbocycles. The van der Waals surface area contributed by atoms with E-state index in [1.54, 1.807) is 16.5 Å². The minimum Gasteiger partial charge on any atom is -0.489 e. The third-order valence-corrected chi connectivity index (χ3v) is 7.22. The fourth-order valence-electron chi connectivity index (χ4n) is 3.58. The molecule has 170 valence electrons. The number of anilines is 1. The van der Waals surface area contributed by atoms with E-state index in [1.165, 1.54) is 10.4 Å². The number of hydrogen-bond donors (Lipinski definition) is 1. The van der Waals surface area contributed by atoms with Crippen molar-refractivity contribution in [3.05, 3.63) is 46.6 Å². The van der Waals surface area contributed by atoms with Crippen LogP contribution in [0.25, 0.3) is 5.65 Å². The Labute approximate surface area is 189 Å². The second-order valence-electron chi connectivity index (χ2n) is 7.80. The Kier molecular flexibility index (Phi) is 5.56. The number of ether oxygens (including phenoxy) is 2. The van der Waals surface area contributed by atoms with Crippen LogP contribution in [0.2, 0.25) is 5.02 Å². The van der Waals surface area contributed by atoms with Crippen LogP contribution in [0.3, 0.4) is 0 Å². The zero-order valence-electron chi connectivity index (χ0n) is 17.0. The van der Waals surface area contributed by atoms with Crippen molar-refractivity contribution in [2.24, 2.45) is 0 Å². The van der Waals surface area contributed by atoms with Gasteiger partial charge in [0.1, 0.15) is 18.1 Å². The molecule has 2 fully saturated rings. The quantitative estimate of drug-likeness (QED) is 0.502. The van der Waals surface area contributed by atoms with Crippen LogP contribution in [0.5, 0.6) is 11.5 Å². The van der Waals surface area contributed by atoms with Crippen molar-refractivity contribution in [3.63, 3.8) is 0 Å². The van der Waals surface area contributed by atoms with E-state index >= 15 is 0 Å². The summed E-state index contributed by atoms with van der Waals surface area (Å²) >= 11 is 6.07. The van der Waals surface area contributed by atoms with Crippen LogP contribution in [-0.2, 0) is 16.8 Å². The highest BCUT2D eigenvalue weighted by Crippen LogP contribution is 2.42. The zero-order chi connectivity index (χ0) is 22.3. The Bertz CT molecular complexity index is 1260. The van der Waals surface area contributed by atoms with Crippen LogP contribution in [-0.4, -0.2) is 47.3 Å². The van der Waals surface area contributed by atoms with Gasteiger partial charge in [-0.3, -0.25) is 4.40 Å². The summed E-state index contributed by atoms with van der Waals surface area (Å²) in [5, 5.41) is 8.53. The third kappa shape index (κ3) is 4.32. The average Bonchev–Trinajstić information content (AvgIpc) is 3.46. The molecule has 1 N–H and O–H groups in total. The first-order valence-corrected chi connectivity index (χ1v) is 12.0. The molecular formula is C20H21ClFN5O4S. The molecule has 2 aromatic heterocycles. The Hall–Kier alpha value is -2.63. The molecule has 1 aromatic carbocycles. The number of rotatable bonds is 9. The summed E-state index contributed by atoms with van der Waals surface area (Å²) in [6, 6.07) is 6.54. The smallest absolute Gasteiger partial charge is 0.303 e. The molecule has 0 atom stereocenters. The van der Waals surface area contributed by atoms with Gasteiger partial charge in [-0.1, -0.05) is 11.6 Å². The van der Waals surface area contributed by atoms with Gasteiger partial charge in [-0.25, -0.2) is 9.11 Å². The van der Waals surface area contributed by atoms with Gasteiger partial charge in [0.2, 0.25) is 12.8 Å². The maximum atomic E-state index is 12.5. The summed E-state index contributed by atoms with van der Waals surface area (Å²) in [5.41, 5.74) is 2.46. The Balaban J connectivity index is 1.41. The molecule has 2 aliphatic rings. The first-order valence-electron chi connectivity index (χ1n) is 10.2. The van der Waals surface area contributed by atoms with Crippen molar-refractivity contribution in [2.75, 3.05) is 24.7 Å². The van der Waals surface area contributed by atoms with E-state index in [2.05, 4.69) is 14.9 Å². The number of aromatic nitrogens is 3. The summed E-state index contributed by atoms with van der Waals surface area (Å²) in [4.78, 5) is 0. The van der Waals surface area contributed by atoms with Crippen molar-refractivity contribution in [2.45, 2.75) is 31.8 Å². The van der Waals surface area contributed by atoms with Gasteiger partial charge < -0.3 is 9.47 Å². The number of fused-ring (bicyclic) bond motifs is 1. The van der Waals surface area contributed by atoms with Gasteiger partial charge in [0.15, 0.2) is 5.65 Å². The first-order chi connectivity index (χ1) is 15.4. The fraction of sp³-hybridized carbons (Fsp3) is 0.400. The van der Waals surface area contributed by atoms with Gasteiger partial charge in [0.25, 0.3) is 0 Å². The van der Waals surface area contributed by atoms with Crippen molar-refractivity contribution in [1.29, 1.82) is 0 Å². The van der Waals surface area contributed by atoms with Gasteiger partial charge >= 0.3 is 10.2 Å². The van der Waals surface area contributed by atoms with Crippen LogP contribution in [0.15, 0.2) is 30.5 Å². The van der Waals surface area contributed by atoms with E-state index in [4.69, 9.17) is 21.1 Å². The number of pyridine rings is 1. The summed E-state index contributed by atoms with van der Waals surface area (Å²) in [6.07, 6.45) is 4.81. The minimum atomic E-state index is -3.64. The Morgan fingerprint density at radius 3 is 2.53 bits per heavy atom. The van der Waals surface area contributed by atoms with E-state index < -0.39 is 17.1 Å². The van der Waals surface area contributed by atoms with Crippen molar-refractivity contribution in [3.8, 4) is 11.5 Å². The van der Waals surface area contributed by atoms with Crippen LogP contribution in [0.1, 0.15) is 36.3 Å². The maximum absolute atomic E-state index is 12.5. The lowest BCUT2D eigenvalue weighted by Gasteiger charge is -2.29. The van der Waals surface area contributed by atoms with Crippen LogP contribution in [0.4, 0.5) is 10.3 Å². The molecule has 5 rings (SSSR count). The topological polar surface area (TPSA) is 98.1 Å². The van der Waals surface area contributed by atoms with Gasteiger partial charge in [-0.05, 0) is 54.5 Å². The lowest BCUT2D eigenvalue weighted by molar-refractivity contribution is 0.190. The summed E-state index contributed by atoms with van der Waals surface area (Å²) < 4.78 is 53.7. The highest BCUT2D eigenvalue weighted by molar-refractivity contribution is 7.90. The Morgan fingerprint density at radius 2 is 1.88 bits per heavy atom. The largest absolute Gasteiger partial charge is 0.489 e. The third-order valence-electron chi connectivity index (χ3n) is 5.52. The fourth-order valence-corrected chi connectivity index (χ4v) is 5.04. The van der Waals surface area contributed by atoms with Crippen molar-refractivity contribution < 1.29 is 22.3 Å². The molecule has 32 heavy (non-hydrogen) atoms. The number of benzene rings is 1. The molecule has 0 spiro atoms. The maximum Gasteiger partial charge on any atom is 0.303 e. The average molecular weight is 482 g/mol. The molecule has 1 saturated heterocycles. The van der Waals surface area contributed by atoms with E-state index in [9.17, 15) is 12.8 Å². The summed E-state index contributed by atoms with van der Waals surface area (Å²) in [7, 11) is -3.64. The van der Waals surface area contributed by atoms with E-state index in [-0.39, 0.29) is 18.3 Å². The predicted molar refractivity (Wildman–Crippen MR) is 116 cm³/mol. The van der Waals surface area contributed by atoms with Gasteiger partial charge in [-0.2, -0.15) is 12.7 Å². The van der Waals surface area contributed by atoms with E-state index in [0.717, 1.165) is 30.4 Å². The molecular weight excluding hydrogens is 461 g/mol. The van der Waals surface area contributed by atoms with Crippen molar-refractivity contribution in [1.82, 2.24) is 18.9 Å². The van der Waals surface area contributed by atoms with Gasteiger partial charge in [0, 0.05) is 30.4 Å². The molecule has 9 nitrogen and oxygen atoms in total. The number of hydrogen-bond acceptors (Lipinski definition) is 6. The molecule has 0 bridgehead atoms. The van der Waals surface area contributed by atoms with Gasteiger partial charge in [-0.15, -0.1) is 10.2 Å². The zero-order valence-corrected chi connectivity index (χ0v) is 18.6. The molecule has 12 heteroatoms. The summed E-state index contributed by atoms with van der Waals surface area (Å²) in [6.45, 7) is 0.281. The van der Waals surface area contributed by atoms with Gasteiger partial charge in [0.05, 0.1) is 0 Å². The number of nitrogens with one attached hydrogen (secondary N) is 1. The monoisotopic (exact) mass is 481 g/mol. The van der Waals surface area contributed by atoms with E-state index in [0.29, 0.717) is 35.4 Å². The second-order valence-corrected chi connectivity index (χ2v) is 9.91. The molecule has 0 radical (unpaired) electrons. The molecule has 0 unspecified atom stereocenters. The number of halogens is 2. The van der Waals surface area contributed by atoms with E-state index in [1.807, 2.05) is 12.3 Å². The lowest BCUT2D eigenvalue weighted by atomic mass is 10.1.